The summed E-state index contributed by atoms with van der Waals surface area (Å²) in [5, 5.41) is 15.3. The number of pyridine rings is 2. The zero-order valence-electron chi connectivity index (χ0n) is 17.7. The number of aliphatic carboxylic acids is 1. The number of hydrogen-bond donors (Lipinski definition) is 1. The van der Waals surface area contributed by atoms with Crippen LogP contribution in [0.3, 0.4) is 0 Å². The maximum absolute atomic E-state index is 11.3. The van der Waals surface area contributed by atoms with Gasteiger partial charge in [-0.15, -0.1) is 0 Å². The van der Waals surface area contributed by atoms with Crippen LogP contribution >= 0.6 is 0 Å². The third-order valence-electron chi connectivity index (χ3n) is 6.01. The number of nitrogens with zero attached hydrogens (tertiary/aromatic N) is 4. The van der Waals surface area contributed by atoms with E-state index >= 15 is 0 Å². The van der Waals surface area contributed by atoms with Gasteiger partial charge in [-0.25, -0.2) is 0 Å². The van der Waals surface area contributed by atoms with E-state index in [4.69, 9.17) is 10.1 Å². The van der Waals surface area contributed by atoms with E-state index in [2.05, 4.69) is 15.7 Å². The average molecular weight is 412 g/mol. The van der Waals surface area contributed by atoms with Crippen LogP contribution < -0.4 is 0 Å². The minimum Gasteiger partial charge on any atom is -0.481 e. The van der Waals surface area contributed by atoms with Gasteiger partial charge in [0.05, 0.1) is 17.1 Å². The van der Waals surface area contributed by atoms with Crippen molar-refractivity contribution in [2.45, 2.75) is 39.7 Å². The third-order valence-corrected chi connectivity index (χ3v) is 6.01. The molecule has 4 aromatic rings. The molecule has 0 fully saturated rings. The minimum atomic E-state index is -0.784. The highest BCUT2D eigenvalue weighted by Gasteiger charge is 2.26. The fourth-order valence-corrected chi connectivity index (χ4v) is 4.45. The first kappa shape index (κ1) is 19.4. The summed E-state index contributed by atoms with van der Waals surface area (Å²) in [5.74, 6) is -1.22. The van der Waals surface area contributed by atoms with Gasteiger partial charge in [0.15, 0.2) is 0 Å². The molecule has 5 rings (SSSR count). The van der Waals surface area contributed by atoms with Crippen LogP contribution in [0.25, 0.3) is 33.4 Å². The van der Waals surface area contributed by atoms with Gasteiger partial charge in [0.25, 0.3) is 0 Å². The lowest BCUT2D eigenvalue weighted by Gasteiger charge is -2.12. The van der Waals surface area contributed by atoms with Crippen LogP contribution in [0.2, 0.25) is 0 Å². The molecule has 1 aromatic carbocycles. The van der Waals surface area contributed by atoms with E-state index < -0.39 is 11.9 Å². The molecular formula is C25H24N4O2. The summed E-state index contributed by atoms with van der Waals surface area (Å²) in [6.07, 6.45) is 4.39. The van der Waals surface area contributed by atoms with E-state index in [-0.39, 0.29) is 0 Å². The highest BCUT2D eigenvalue weighted by molar-refractivity contribution is 5.99. The van der Waals surface area contributed by atoms with Crippen LogP contribution in [0.4, 0.5) is 0 Å². The molecule has 0 bridgehead atoms. The topological polar surface area (TPSA) is 80.9 Å². The summed E-state index contributed by atoms with van der Waals surface area (Å²) in [6, 6.07) is 14.1. The number of aromatic nitrogens is 4. The third kappa shape index (κ3) is 3.48. The normalized spacial score (nSPS) is 14.0. The van der Waals surface area contributed by atoms with E-state index in [0.717, 1.165) is 64.1 Å². The van der Waals surface area contributed by atoms with E-state index in [9.17, 15) is 9.90 Å². The van der Waals surface area contributed by atoms with Crippen molar-refractivity contribution in [1.82, 2.24) is 19.7 Å². The number of hydrogen-bond acceptors (Lipinski definition) is 4. The first-order chi connectivity index (χ1) is 15.0. The van der Waals surface area contributed by atoms with E-state index in [1.807, 2.05) is 49.5 Å². The van der Waals surface area contributed by atoms with Crippen LogP contribution in [-0.4, -0.2) is 30.8 Å². The summed E-state index contributed by atoms with van der Waals surface area (Å²) in [7, 11) is 0. The highest BCUT2D eigenvalue weighted by Crippen LogP contribution is 2.40. The molecule has 0 aliphatic carbocycles. The molecule has 0 saturated carbocycles. The predicted octanol–water partition coefficient (Wildman–Crippen LogP) is 4.68. The van der Waals surface area contributed by atoms with Gasteiger partial charge in [-0.2, -0.15) is 5.10 Å². The van der Waals surface area contributed by atoms with Crippen LogP contribution in [0.5, 0.6) is 0 Å². The minimum absolute atomic E-state index is 0.440. The second-order valence-electron chi connectivity index (χ2n) is 8.31. The molecule has 6 heteroatoms. The Kier molecular flexibility index (Phi) is 4.77. The number of carbonyl (C=O) groups is 1. The second-order valence-corrected chi connectivity index (χ2v) is 8.31. The van der Waals surface area contributed by atoms with Gasteiger partial charge >= 0.3 is 5.97 Å². The van der Waals surface area contributed by atoms with Gasteiger partial charge in [0.1, 0.15) is 5.69 Å². The Bertz CT molecular complexity index is 1310. The van der Waals surface area contributed by atoms with Gasteiger partial charge in [-0.3, -0.25) is 19.4 Å². The van der Waals surface area contributed by atoms with Gasteiger partial charge in [0.2, 0.25) is 0 Å². The van der Waals surface area contributed by atoms with Crippen LogP contribution in [-0.2, 0) is 24.2 Å². The Morgan fingerprint density at radius 3 is 2.90 bits per heavy atom. The van der Waals surface area contributed by atoms with Gasteiger partial charge in [-0.1, -0.05) is 19.1 Å². The van der Waals surface area contributed by atoms with Crippen molar-refractivity contribution in [1.29, 1.82) is 0 Å². The second kappa shape index (κ2) is 7.61. The number of rotatable bonds is 5. The largest absolute Gasteiger partial charge is 0.481 e. The number of carboxylic acid groups (broad SMARTS) is 1. The van der Waals surface area contributed by atoms with Crippen molar-refractivity contribution in [2.24, 2.45) is 5.92 Å². The Morgan fingerprint density at radius 2 is 2.10 bits per heavy atom. The maximum Gasteiger partial charge on any atom is 0.306 e. The molecule has 156 valence electrons. The van der Waals surface area contributed by atoms with Gasteiger partial charge in [0, 0.05) is 35.1 Å². The first-order valence-corrected chi connectivity index (χ1v) is 10.7. The van der Waals surface area contributed by atoms with Crippen molar-refractivity contribution >= 4 is 16.9 Å². The molecule has 1 aliphatic heterocycles. The summed E-state index contributed by atoms with van der Waals surface area (Å²) < 4.78 is 2.11. The summed E-state index contributed by atoms with van der Waals surface area (Å²) in [4.78, 5) is 20.6. The number of fused-ring (bicyclic) bond motifs is 2. The highest BCUT2D eigenvalue weighted by atomic mass is 16.4. The zero-order chi connectivity index (χ0) is 21.5. The first-order valence-electron chi connectivity index (χ1n) is 10.7. The van der Waals surface area contributed by atoms with Crippen LogP contribution in [0.15, 0.2) is 48.7 Å². The average Bonchev–Trinajstić information content (AvgIpc) is 3.34. The fourth-order valence-electron chi connectivity index (χ4n) is 4.45. The van der Waals surface area contributed by atoms with E-state index in [1.54, 1.807) is 6.92 Å². The lowest BCUT2D eigenvalue weighted by molar-refractivity contribution is -0.141. The number of benzene rings is 1. The molecule has 1 unspecified atom stereocenters. The molecule has 0 radical (unpaired) electrons. The van der Waals surface area contributed by atoms with E-state index in [1.165, 1.54) is 5.69 Å². The Morgan fingerprint density at radius 1 is 1.23 bits per heavy atom. The lowest BCUT2D eigenvalue weighted by Crippen LogP contribution is -2.12. The Labute approximate surface area is 180 Å². The Hall–Kier alpha value is -3.54. The van der Waals surface area contributed by atoms with Crippen molar-refractivity contribution in [3.8, 4) is 22.5 Å². The molecule has 0 spiro atoms. The van der Waals surface area contributed by atoms with Crippen LogP contribution in [0.1, 0.15) is 30.3 Å². The number of carboxylic acids is 1. The molecule has 3 aromatic heterocycles. The van der Waals surface area contributed by atoms with Crippen molar-refractivity contribution < 1.29 is 9.90 Å². The molecule has 1 N–H and O–H groups in total. The molecule has 1 aliphatic rings. The van der Waals surface area contributed by atoms with Crippen molar-refractivity contribution in [3.63, 3.8) is 0 Å². The van der Waals surface area contributed by atoms with E-state index in [0.29, 0.717) is 6.42 Å². The molecule has 6 nitrogen and oxygen atoms in total. The standard InChI is InChI=1S/C25H24N4O2/c1-15(25(30)31)13-17-8-9-20-19(14-17)18(10-11-26-20)23-22-7-4-12-29(22)28-24(23)21-6-3-5-16(2)27-21/h3,5-6,8-11,14-15H,4,7,12-13H2,1-2H3,(H,30,31). The van der Waals surface area contributed by atoms with Gasteiger partial charge < -0.3 is 5.11 Å². The lowest BCUT2D eigenvalue weighted by atomic mass is 9.94. The smallest absolute Gasteiger partial charge is 0.306 e. The molecule has 1 atom stereocenters. The number of aryl methyl sites for hydroxylation is 2. The molecule has 4 heterocycles. The monoisotopic (exact) mass is 412 g/mol. The maximum atomic E-state index is 11.3. The molecule has 0 saturated heterocycles. The van der Waals surface area contributed by atoms with Crippen molar-refractivity contribution in [2.75, 3.05) is 0 Å². The van der Waals surface area contributed by atoms with Gasteiger partial charge in [-0.05, 0) is 67.6 Å². The molecule has 31 heavy (non-hydrogen) atoms. The van der Waals surface area contributed by atoms with Crippen LogP contribution in [0, 0.1) is 12.8 Å². The quantitative estimate of drug-likeness (QED) is 0.515. The Balaban J connectivity index is 1.72. The summed E-state index contributed by atoms with van der Waals surface area (Å²) in [6.45, 7) is 4.64. The summed E-state index contributed by atoms with van der Waals surface area (Å²) in [5.41, 5.74) is 8.05. The summed E-state index contributed by atoms with van der Waals surface area (Å²) >= 11 is 0. The predicted molar refractivity (Wildman–Crippen MR) is 120 cm³/mol. The molecular weight excluding hydrogens is 388 g/mol. The fraction of sp³-hybridized carbons (Fsp3) is 0.280. The van der Waals surface area contributed by atoms with Crippen molar-refractivity contribution in [3.05, 3.63) is 65.6 Å². The molecule has 0 amide bonds. The zero-order valence-corrected chi connectivity index (χ0v) is 17.7. The SMILES string of the molecule is Cc1cccc(-c2nn3c(c2-c2ccnc4ccc(CC(C)C(=O)O)cc24)CCC3)n1.